The van der Waals surface area contributed by atoms with Crippen molar-refractivity contribution in [2.24, 2.45) is 0 Å². The number of sulfonamides is 1. The number of anilines is 1. The summed E-state index contributed by atoms with van der Waals surface area (Å²) >= 11 is 0.993. The molecular weight excluding hydrogens is 321 g/mol. The molecule has 108 valence electrons. The summed E-state index contributed by atoms with van der Waals surface area (Å²) in [5, 5.41) is 20.9. The topological polar surface area (TPSA) is 113 Å². The van der Waals surface area contributed by atoms with Gasteiger partial charge in [0.05, 0.1) is 15.4 Å². The van der Waals surface area contributed by atoms with E-state index in [9.17, 15) is 22.9 Å². The molecule has 0 spiro atoms. The lowest BCUT2D eigenvalue weighted by Crippen LogP contribution is -2.13. The van der Waals surface area contributed by atoms with E-state index in [0.29, 0.717) is 6.07 Å². The summed E-state index contributed by atoms with van der Waals surface area (Å²) in [5.74, 6) is -1.26. The third-order valence-electron chi connectivity index (χ3n) is 2.44. The Kier molecular flexibility index (Phi) is 3.88. The van der Waals surface area contributed by atoms with Crippen LogP contribution < -0.4 is 4.72 Å². The van der Waals surface area contributed by atoms with Crippen LogP contribution in [0.25, 0.3) is 0 Å². The zero-order valence-electron chi connectivity index (χ0n) is 10.1. The van der Waals surface area contributed by atoms with Gasteiger partial charge in [0.15, 0.2) is 0 Å². The Bertz CT molecular complexity index is 855. The van der Waals surface area contributed by atoms with Gasteiger partial charge in [-0.15, -0.1) is 11.3 Å². The number of nitro benzene ring substituents is 1. The number of benzene rings is 1. The summed E-state index contributed by atoms with van der Waals surface area (Å²) in [6.07, 6.45) is 0. The molecule has 1 aromatic carbocycles. The maximum absolute atomic E-state index is 13.5. The molecule has 0 aliphatic carbocycles. The molecule has 10 heteroatoms. The predicted molar refractivity (Wildman–Crippen MR) is 72.9 cm³/mol. The fourth-order valence-electron chi connectivity index (χ4n) is 1.46. The Morgan fingerprint density at radius 1 is 1.38 bits per heavy atom. The molecule has 1 heterocycles. The fraction of sp³-hybridized carbons (Fsp3) is 0. The monoisotopic (exact) mass is 327 g/mol. The molecule has 0 unspecified atom stereocenters. The number of thiophene rings is 1. The van der Waals surface area contributed by atoms with E-state index in [1.807, 2.05) is 0 Å². The largest absolute Gasteiger partial charge is 0.304 e. The van der Waals surface area contributed by atoms with Gasteiger partial charge in [-0.3, -0.25) is 14.8 Å². The number of nitriles is 1. The molecule has 0 aliphatic rings. The highest BCUT2D eigenvalue weighted by Crippen LogP contribution is 2.27. The summed E-state index contributed by atoms with van der Waals surface area (Å²) in [6.45, 7) is 0. The van der Waals surface area contributed by atoms with Crippen LogP contribution in [0.15, 0.2) is 34.5 Å². The van der Waals surface area contributed by atoms with Gasteiger partial charge < -0.3 is 0 Å². The number of hydrogen-bond acceptors (Lipinski definition) is 6. The molecule has 0 radical (unpaired) electrons. The summed E-state index contributed by atoms with van der Waals surface area (Å²) in [7, 11) is -4.13. The van der Waals surface area contributed by atoms with Crippen LogP contribution in [0.5, 0.6) is 0 Å². The van der Waals surface area contributed by atoms with E-state index < -0.39 is 31.3 Å². The number of nitrogens with zero attached hydrogens (tertiary/aromatic N) is 2. The van der Waals surface area contributed by atoms with Gasteiger partial charge in [-0.1, -0.05) is 0 Å². The molecule has 1 N–H and O–H groups in total. The third kappa shape index (κ3) is 2.99. The average molecular weight is 327 g/mol. The minimum Gasteiger partial charge on any atom is -0.269 e. The first kappa shape index (κ1) is 14.9. The first-order chi connectivity index (χ1) is 9.85. The van der Waals surface area contributed by atoms with E-state index in [1.54, 1.807) is 6.07 Å². The van der Waals surface area contributed by atoms with Crippen molar-refractivity contribution in [3.05, 3.63) is 51.1 Å². The SMILES string of the molecule is N#Cc1ccsc1NS(=O)(=O)c1ccc([N+](=O)[O-])c(F)c1. The lowest BCUT2D eigenvalue weighted by molar-refractivity contribution is -0.387. The highest BCUT2D eigenvalue weighted by atomic mass is 32.2. The van der Waals surface area contributed by atoms with E-state index >= 15 is 0 Å². The zero-order valence-corrected chi connectivity index (χ0v) is 11.7. The number of nitro groups is 1. The molecule has 0 atom stereocenters. The number of rotatable bonds is 4. The summed E-state index contributed by atoms with van der Waals surface area (Å²) in [4.78, 5) is 9.07. The summed E-state index contributed by atoms with van der Waals surface area (Å²) in [5.41, 5.74) is -0.686. The average Bonchev–Trinajstić information content (AvgIpc) is 2.84. The van der Waals surface area contributed by atoms with Crippen molar-refractivity contribution in [3.63, 3.8) is 0 Å². The van der Waals surface area contributed by atoms with Crippen LogP contribution in [0.4, 0.5) is 15.1 Å². The summed E-state index contributed by atoms with van der Waals surface area (Å²) < 4.78 is 39.7. The van der Waals surface area contributed by atoms with E-state index in [0.717, 1.165) is 23.5 Å². The van der Waals surface area contributed by atoms with E-state index in [-0.39, 0.29) is 10.6 Å². The predicted octanol–water partition coefficient (Wildman–Crippen LogP) is 2.47. The van der Waals surface area contributed by atoms with Gasteiger partial charge in [-0.25, -0.2) is 8.42 Å². The number of nitrogens with one attached hydrogen (secondary N) is 1. The van der Waals surface area contributed by atoms with Crippen LogP contribution in [0.2, 0.25) is 0 Å². The van der Waals surface area contributed by atoms with Crippen molar-refractivity contribution in [1.82, 2.24) is 0 Å². The molecule has 0 amide bonds. The van der Waals surface area contributed by atoms with Crippen LogP contribution >= 0.6 is 11.3 Å². The maximum atomic E-state index is 13.5. The molecule has 0 aliphatic heterocycles. The van der Waals surface area contributed by atoms with Gasteiger partial charge in [0, 0.05) is 12.1 Å². The zero-order chi connectivity index (χ0) is 15.6. The van der Waals surface area contributed by atoms with Crippen molar-refractivity contribution >= 4 is 32.0 Å². The first-order valence-corrected chi connectivity index (χ1v) is 7.66. The van der Waals surface area contributed by atoms with Gasteiger partial charge in [0.2, 0.25) is 5.82 Å². The normalized spacial score (nSPS) is 10.9. The lowest BCUT2D eigenvalue weighted by atomic mass is 10.3. The van der Waals surface area contributed by atoms with Crippen LogP contribution in [-0.4, -0.2) is 13.3 Å². The van der Waals surface area contributed by atoms with Gasteiger partial charge in [0.25, 0.3) is 10.0 Å². The standard InChI is InChI=1S/C11H6FN3O4S2/c12-9-5-8(1-2-10(9)15(16)17)21(18,19)14-11-7(6-13)3-4-20-11/h1-5,14H. The second-order valence-corrected chi connectivity index (χ2v) is 6.35. The van der Waals surface area contributed by atoms with Crippen LogP contribution in [-0.2, 0) is 10.0 Å². The minimum atomic E-state index is -4.13. The molecule has 2 rings (SSSR count). The van der Waals surface area contributed by atoms with E-state index in [2.05, 4.69) is 4.72 Å². The van der Waals surface area contributed by atoms with Crippen molar-refractivity contribution < 1.29 is 17.7 Å². The molecular formula is C11H6FN3O4S2. The lowest BCUT2D eigenvalue weighted by Gasteiger charge is -2.06. The molecule has 0 bridgehead atoms. The Labute approximate surface area is 122 Å². The second kappa shape index (κ2) is 5.47. The van der Waals surface area contributed by atoms with Gasteiger partial charge in [0.1, 0.15) is 11.1 Å². The fourth-order valence-corrected chi connectivity index (χ4v) is 3.54. The van der Waals surface area contributed by atoms with Crippen molar-refractivity contribution in [2.45, 2.75) is 4.90 Å². The molecule has 21 heavy (non-hydrogen) atoms. The van der Waals surface area contributed by atoms with Crippen molar-refractivity contribution in [2.75, 3.05) is 4.72 Å². The van der Waals surface area contributed by atoms with Gasteiger partial charge in [-0.05, 0) is 17.5 Å². The second-order valence-electron chi connectivity index (χ2n) is 3.75. The highest BCUT2D eigenvalue weighted by molar-refractivity contribution is 7.93. The molecule has 2 aromatic rings. The van der Waals surface area contributed by atoms with Gasteiger partial charge >= 0.3 is 5.69 Å². The number of hydrogen-bond donors (Lipinski definition) is 1. The van der Waals surface area contributed by atoms with Crippen molar-refractivity contribution in [3.8, 4) is 6.07 Å². The Morgan fingerprint density at radius 2 is 2.10 bits per heavy atom. The van der Waals surface area contributed by atoms with Crippen LogP contribution in [0.3, 0.4) is 0 Å². The molecule has 1 aromatic heterocycles. The van der Waals surface area contributed by atoms with E-state index in [4.69, 9.17) is 5.26 Å². The highest BCUT2D eigenvalue weighted by Gasteiger charge is 2.22. The Balaban J connectivity index is 2.39. The Morgan fingerprint density at radius 3 is 2.67 bits per heavy atom. The molecule has 0 fully saturated rings. The minimum absolute atomic E-state index is 0.0938. The molecule has 0 saturated heterocycles. The third-order valence-corrected chi connectivity index (χ3v) is 4.75. The smallest absolute Gasteiger partial charge is 0.269 e. The Hall–Kier alpha value is -2.51. The van der Waals surface area contributed by atoms with E-state index in [1.165, 1.54) is 11.4 Å². The molecule has 7 nitrogen and oxygen atoms in total. The van der Waals surface area contributed by atoms with Gasteiger partial charge in [-0.2, -0.15) is 9.65 Å². The number of halogens is 1. The van der Waals surface area contributed by atoms with Crippen LogP contribution in [0, 0.1) is 27.3 Å². The van der Waals surface area contributed by atoms with Crippen molar-refractivity contribution in [1.29, 1.82) is 5.26 Å². The first-order valence-electron chi connectivity index (χ1n) is 5.29. The summed E-state index contributed by atoms with van der Waals surface area (Å²) in [6, 6.07) is 5.48. The van der Waals surface area contributed by atoms with Crippen LogP contribution in [0.1, 0.15) is 5.56 Å². The maximum Gasteiger partial charge on any atom is 0.304 e. The molecule has 0 saturated carbocycles. The quantitative estimate of drug-likeness (QED) is 0.684.